The Morgan fingerprint density at radius 2 is 2.04 bits per heavy atom. The lowest BCUT2D eigenvalue weighted by molar-refractivity contribution is -0.385. The molecular weight excluding hydrogens is 362 g/mol. The molecule has 0 atom stereocenters. The molecule has 2 N–H and O–H groups in total. The van der Waals surface area contributed by atoms with Gasteiger partial charge < -0.3 is 19.8 Å². The molecule has 0 aliphatic carbocycles. The van der Waals surface area contributed by atoms with Gasteiger partial charge in [0.25, 0.3) is 5.69 Å². The number of hydrogen-bond acceptors (Lipinski definition) is 5. The number of benzene rings is 2. The number of fused-ring (bicyclic) bond motifs is 2. The summed E-state index contributed by atoms with van der Waals surface area (Å²) < 4.78 is 10.4. The van der Waals surface area contributed by atoms with Crippen LogP contribution in [-0.2, 0) is 11.2 Å². The van der Waals surface area contributed by atoms with Gasteiger partial charge in [-0.2, -0.15) is 0 Å². The SMILES string of the molecule is O=C(/C=C/c1cc2c(cc1[N+](=O)[O-])OCO2)NCCc1c[nH]c2ccccc12. The molecule has 0 saturated heterocycles. The summed E-state index contributed by atoms with van der Waals surface area (Å²) >= 11 is 0. The summed E-state index contributed by atoms with van der Waals surface area (Å²) in [5.74, 6) is 0.420. The maximum absolute atomic E-state index is 12.1. The number of ether oxygens (including phenoxy) is 2. The molecule has 8 nitrogen and oxygen atoms in total. The van der Waals surface area contributed by atoms with Crippen LogP contribution in [0, 0.1) is 10.1 Å². The van der Waals surface area contributed by atoms with E-state index in [-0.39, 0.29) is 24.0 Å². The number of aromatic nitrogens is 1. The van der Waals surface area contributed by atoms with Crippen molar-refractivity contribution in [1.82, 2.24) is 10.3 Å². The van der Waals surface area contributed by atoms with Crippen molar-refractivity contribution >= 4 is 28.6 Å². The molecule has 8 heteroatoms. The van der Waals surface area contributed by atoms with Gasteiger partial charge >= 0.3 is 0 Å². The first-order chi connectivity index (χ1) is 13.6. The van der Waals surface area contributed by atoms with Crippen molar-refractivity contribution in [2.24, 2.45) is 0 Å². The summed E-state index contributed by atoms with van der Waals surface area (Å²) in [4.78, 5) is 26.0. The Kier molecular flexibility index (Phi) is 4.67. The highest BCUT2D eigenvalue weighted by atomic mass is 16.7. The van der Waals surface area contributed by atoms with Crippen LogP contribution < -0.4 is 14.8 Å². The molecule has 0 fully saturated rings. The molecule has 2 heterocycles. The summed E-state index contributed by atoms with van der Waals surface area (Å²) in [6, 6.07) is 10.8. The first-order valence-corrected chi connectivity index (χ1v) is 8.71. The number of amides is 1. The molecule has 2 aromatic carbocycles. The Hall–Kier alpha value is -3.81. The molecule has 28 heavy (non-hydrogen) atoms. The quantitative estimate of drug-likeness (QED) is 0.389. The van der Waals surface area contributed by atoms with Gasteiger partial charge in [-0.25, -0.2) is 0 Å². The standard InChI is InChI=1S/C20H17N3O5/c24-20(21-8-7-14-11-22-16-4-2-1-3-15(14)16)6-5-13-9-18-19(28-12-27-18)10-17(13)23(25)26/h1-6,9-11,22H,7-8,12H2,(H,21,24)/b6-5+. The monoisotopic (exact) mass is 379 g/mol. The maximum Gasteiger partial charge on any atom is 0.280 e. The molecule has 4 rings (SSSR count). The number of carbonyl (C=O) groups is 1. The normalized spacial score (nSPS) is 12.6. The number of carbonyl (C=O) groups excluding carboxylic acids is 1. The molecule has 1 aromatic heterocycles. The molecule has 0 saturated carbocycles. The highest BCUT2D eigenvalue weighted by Gasteiger charge is 2.22. The van der Waals surface area contributed by atoms with Crippen molar-refractivity contribution in [3.8, 4) is 11.5 Å². The number of nitrogens with zero attached hydrogens (tertiary/aromatic N) is 1. The Morgan fingerprint density at radius 3 is 2.86 bits per heavy atom. The molecule has 0 bridgehead atoms. The Bertz CT molecular complexity index is 1090. The minimum atomic E-state index is -0.517. The van der Waals surface area contributed by atoms with Gasteiger partial charge in [0, 0.05) is 29.7 Å². The van der Waals surface area contributed by atoms with Crippen LogP contribution in [-0.4, -0.2) is 29.2 Å². The second kappa shape index (κ2) is 7.43. The number of nitrogens with one attached hydrogen (secondary N) is 2. The number of nitro groups is 1. The lowest BCUT2D eigenvalue weighted by Crippen LogP contribution is -2.23. The van der Waals surface area contributed by atoms with Crippen LogP contribution in [0.3, 0.4) is 0 Å². The Labute approximate surface area is 159 Å². The third-order valence-electron chi connectivity index (χ3n) is 4.50. The van der Waals surface area contributed by atoms with Crippen molar-refractivity contribution in [3.05, 3.63) is 69.9 Å². The van der Waals surface area contributed by atoms with Gasteiger partial charge in [0.05, 0.1) is 16.6 Å². The fraction of sp³-hybridized carbons (Fsp3) is 0.150. The van der Waals surface area contributed by atoms with Crippen molar-refractivity contribution in [2.75, 3.05) is 13.3 Å². The van der Waals surface area contributed by atoms with E-state index >= 15 is 0 Å². The van der Waals surface area contributed by atoms with Crippen LogP contribution in [0.25, 0.3) is 17.0 Å². The average molecular weight is 379 g/mol. The molecule has 0 radical (unpaired) electrons. The highest BCUT2D eigenvalue weighted by molar-refractivity contribution is 5.92. The third kappa shape index (κ3) is 3.52. The van der Waals surface area contributed by atoms with E-state index in [1.807, 2.05) is 30.5 Å². The van der Waals surface area contributed by atoms with Crippen LogP contribution >= 0.6 is 0 Å². The highest BCUT2D eigenvalue weighted by Crippen LogP contribution is 2.38. The molecule has 0 unspecified atom stereocenters. The second-order valence-electron chi connectivity index (χ2n) is 6.26. The van der Waals surface area contributed by atoms with Crippen molar-refractivity contribution in [3.63, 3.8) is 0 Å². The minimum Gasteiger partial charge on any atom is -0.454 e. The topological polar surface area (TPSA) is 106 Å². The average Bonchev–Trinajstić information content (AvgIpc) is 3.32. The Balaban J connectivity index is 1.40. The zero-order chi connectivity index (χ0) is 19.5. The zero-order valence-corrected chi connectivity index (χ0v) is 14.8. The predicted molar refractivity (Wildman–Crippen MR) is 103 cm³/mol. The lowest BCUT2D eigenvalue weighted by atomic mass is 10.1. The van der Waals surface area contributed by atoms with Gasteiger partial charge in [-0.05, 0) is 30.2 Å². The van der Waals surface area contributed by atoms with E-state index in [9.17, 15) is 14.9 Å². The molecule has 0 spiro atoms. The van der Waals surface area contributed by atoms with Crippen LogP contribution in [0.5, 0.6) is 11.5 Å². The van der Waals surface area contributed by atoms with E-state index in [1.54, 1.807) is 0 Å². The summed E-state index contributed by atoms with van der Waals surface area (Å²) in [6.07, 6.45) is 5.29. The van der Waals surface area contributed by atoms with E-state index in [2.05, 4.69) is 10.3 Å². The van der Waals surface area contributed by atoms with Crippen molar-refractivity contribution in [2.45, 2.75) is 6.42 Å². The van der Waals surface area contributed by atoms with E-state index in [1.165, 1.54) is 24.3 Å². The van der Waals surface area contributed by atoms with Crippen LogP contribution in [0.4, 0.5) is 5.69 Å². The zero-order valence-electron chi connectivity index (χ0n) is 14.8. The van der Waals surface area contributed by atoms with Gasteiger partial charge in [0.1, 0.15) is 0 Å². The van der Waals surface area contributed by atoms with Gasteiger partial charge in [-0.3, -0.25) is 14.9 Å². The minimum absolute atomic E-state index is 0.0218. The van der Waals surface area contributed by atoms with Gasteiger partial charge in [0.15, 0.2) is 11.5 Å². The number of aromatic amines is 1. The van der Waals surface area contributed by atoms with Crippen LogP contribution in [0.15, 0.2) is 48.7 Å². The number of H-pyrrole nitrogens is 1. The molecule has 1 aliphatic rings. The first kappa shape index (κ1) is 17.6. The molecule has 1 amide bonds. The van der Waals surface area contributed by atoms with E-state index in [4.69, 9.17) is 9.47 Å². The number of rotatable bonds is 6. The number of hydrogen-bond donors (Lipinski definition) is 2. The van der Waals surface area contributed by atoms with E-state index < -0.39 is 4.92 Å². The summed E-state index contributed by atoms with van der Waals surface area (Å²) in [7, 11) is 0. The van der Waals surface area contributed by atoms with E-state index in [0.717, 1.165) is 16.5 Å². The van der Waals surface area contributed by atoms with E-state index in [0.29, 0.717) is 24.5 Å². The third-order valence-corrected chi connectivity index (χ3v) is 4.50. The van der Waals surface area contributed by atoms with Crippen LogP contribution in [0.2, 0.25) is 0 Å². The summed E-state index contributed by atoms with van der Waals surface area (Å²) in [5, 5.41) is 15.2. The molecule has 3 aromatic rings. The van der Waals surface area contributed by atoms with Gasteiger partial charge in [-0.1, -0.05) is 18.2 Å². The molecule has 142 valence electrons. The fourth-order valence-corrected chi connectivity index (χ4v) is 3.12. The lowest BCUT2D eigenvalue weighted by Gasteiger charge is -2.03. The molecular formula is C20H17N3O5. The second-order valence-corrected chi connectivity index (χ2v) is 6.26. The van der Waals surface area contributed by atoms with Gasteiger partial charge in [0.2, 0.25) is 12.7 Å². The predicted octanol–water partition coefficient (Wildman–Crippen LogP) is 3.18. The maximum atomic E-state index is 12.1. The summed E-state index contributed by atoms with van der Waals surface area (Å²) in [5.41, 5.74) is 2.30. The first-order valence-electron chi connectivity index (χ1n) is 8.71. The van der Waals surface area contributed by atoms with Crippen molar-refractivity contribution in [1.29, 1.82) is 0 Å². The fourth-order valence-electron chi connectivity index (χ4n) is 3.12. The van der Waals surface area contributed by atoms with Crippen LogP contribution in [0.1, 0.15) is 11.1 Å². The largest absolute Gasteiger partial charge is 0.454 e. The number of para-hydroxylation sites is 1. The Morgan fingerprint density at radius 1 is 1.25 bits per heavy atom. The molecule has 1 aliphatic heterocycles. The van der Waals surface area contributed by atoms with Gasteiger partial charge in [-0.15, -0.1) is 0 Å². The van der Waals surface area contributed by atoms with Crippen molar-refractivity contribution < 1.29 is 19.2 Å². The summed E-state index contributed by atoms with van der Waals surface area (Å²) in [6.45, 7) is 0.474. The smallest absolute Gasteiger partial charge is 0.280 e. The number of nitro benzene ring substituents is 1.